The van der Waals surface area contributed by atoms with Gasteiger partial charge < -0.3 is 4.74 Å². The quantitative estimate of drug-likeness (QED) is 0.588. The Morgan fingerprint density at radius 3 is 2.67 bits per heavy atom. The van der Waals surface area contributed by atoms with Crippen molar-refractivity contribution in [1.29, 1.82) is 0 Å². The number of alkyl halides is 2. The van der Waals surface area contributed by atoms with Gasteiger partial charge in [0.2, 0.25) is 5.95 Å². The summed E-state index contributed by atoms with van der Waals surface area (Å²) in [5.41, 5.74) is -1.64. The summed E-state index contributed by atoms with van der Waals surface area (Å²) in [6.45, 7) is 0. The number of carbonyl (C=O) groups is 1. The highest BCUT2D eigenvalue weighted by Gasteiger charge is 2.25. The molecule has 0 bridgehead atoms. The van der Waals surface area contributed by atoms with Gasteiger partial charge in [0.1, 0.15) is 0 Å². The van der Waals surface area contributed by atoms with Gasteiger partial charge in [-0.1, -0.05) is 11.6 Å². The molecule has 0 spiro atoms. The van der Waals surface area contributed by atoms with Crippen LogP contribution in [-0.4, -0.2) is 18.1 Å². The summed E-state index contributed by atoms with van der Waals surface area (Å²) in [6.07, 6.45) is -3.03. The van der Waals surface area contributed by atoms with Crippen molar-refractivity contribution in [1.82, 2.24) is 4.98 Å². The Morgan fingerprint density at radius 2 is 2.20 bits per heavy atom. The molecule has 0 aliphatic heterocycles. The molecule has 15 heavy (non-hydrogen) atoms. The SMILES string of the molecule is COC(=O)c1nc(F)cc(Cl)c1C(F)F. The molecule has 0 atom stereocenters. The minimum atomic E-state index is -3.03. The van der Waals surface area contributed by atoms with Crippen molar-refractivity contribution >= 4 is 17.6 Å². The molecule has 0 unspecified atom stereocenters. The van der Waals surface area contributed by atoms with Crippen molar-refractivity contribution in [2.24, 2.45) is 0 Å². The zero-order chi connectivity index (χ0) is 11.6. The average Bonchev–Trinajstić information content (AvgIpc) is 2.14. The average molecular weight is 240 g/mol. The second-order valence-electron chi connectivity index (χ2n) is 2.48. The minimum Gasteiger partial charge on any atom is -0.464 e. The summed E-state index contributed by atoms with van der Waals surface area (Å²) < 4.78 is 41.8. The molecule has 3 nitrogen and oxygen atoms in total. The van der Waals surface area contributed by atoms with E-state index in [4.69, 9.17) is 11.6 Å². The van der Waals surface area contributed by atoms with Crippen LogP contribution in [0, 0.1) is 5.95 Å². The molecular weight excluding hydrogens is 235 g/mol. The van der Waals surface area contributed by atoms with E-state index in [-0.39, 0.29) is 0 Å². The molecule has 0 radical (unpaired) electrons. The van der Waals surface area contributed by atoms with Crippen LogP contribution in [0.3, 0.4) is 0 Å². The molecular formula is C8H5ClF3NO2. The number of halogens is 4. The van der Waals surface area contributed by atoms with Crippen molar-refractivity contribution < 1.29 is 22.7 Å². The molecule has 82 valence electrons. The van der Waals surface area contributed by atoms with E-state index in [9.17, 15) is 18.0 Å². The van der Waals surface area contributed by atoms with Gasteiger partial charge in [-0.15, -0.1) is 0 Å². The molecule has 0 fully saturated rings. The molecule has 0 aromatic carbocycles. The van der Waals surface area contributed by atoms with Crippen LogP contribution in [0.1, 0.15) is 22.5 Å². The van der Waals surface area contributed by atoms with Crippen LogP contribution in [-0.2, 0) is 4.74 Å². The van der Waals surface area contributed by atoms with Gasteiger partial charge in [0.25, 0.3) is 6.43 Å². The number of methoxy groups -OCH3 is 1. The lowest BCUT2D eigenvalue weighted by Crippen LogP contribution is -2.11. The maximum Gasteiger partial charge on any atom is 0.357 e. The summed E-state index contributed by atoms with van der Waals surface area (Å²) in [6, 6.07) is 0.607. The second kappa shape index (κ2) is 4.48. The van der Waals surface area contributed by atoms with Crippen LogP contribution in [0.2, 0.25) is 5.02 Å². The van der Waals surface area contributed by atoms with E-state index in [2.05, 4.69) is 9.72 Å². The predicted molar refractivity (Wildman–Crippen MR) is 45.5 cm³/mol. The normalized spacial score (nSPS) is 10.5. The van der Waals surface area contributed by atoms with E-state index in [1.807, 2.05) is 0 Å². The third-order valence-electron chi connectivity index (χ3n) is 1.57. The number of carbonyl (C=O) groups excluding carboxylic acids is 1. The number of hydrogen-bond donors (Lipinski definition) is 0. The van der Waals surface area contributed by atoms with Gasteiger partial charge in [0.15, 0.2) is 5.69 Å². The standard InChI is InChI=1S/C8H5ClF3NO2/c1-15-8(14)6-5(7(11)12)3(9)2-4(10)13-6/h2,7H,1H3. The van der Waals surface area contributed by atoms with Crippen LogP contribution in [0.15, 0.2) is 6.07 Å². The summed E-state index contributed by atoms with van der Waals surface area (Å²) in [4.78, 5) is 14.0. The molecule has 0 aliphatic carbocycles. The van der Waals surface area contributed by atoms with Gasteiger partial charge in [0.05, 0.1) is 17.7 Å². The van der Waals surface area contributed by atoms with Crippen molar-refractivity contribution in [3.63, 3.8) is 0 Å². The Hall–Kier alpha value is -1.30. The highest BCUT2D eigenvalue weighted by atomic mass is 35.5. The monoisotopic (exact) mass is 239 g/mol. The predicted octanol–water partition coefficient (Wildman–Crippen LogP) is 2.60. The number of aromatic nitrogens is 1. The number of pyridine rings is 1. The molecule has 0 aliphatic rings. The lowest BCUT2D eigenvalue weighted by molar-refractivity contribution is 0.0580. The molecule has 0 amide bonds. The summed E-state index contributed by atoms with van der Waals surface area (Å²) in [7, 11) is 0.970. The highest BCUT2D eigenvalue weighted by molar-refractivity contribution is 6.31. The van der Waals surface area contributed by atoms with Crippen LogP contribution in [0.5, 0.6) is 0 Å². The fourth-order valence-electron chi connectivity index (χ4n) is 0.955. The van der Waals surface area contributed by atoms with Gasteiger partial charge in [-0.3, -0.25) is 0 Å². The fourth-order valence-corrected chi connectivity index (χ4v) is 1.22. The summed E-state index contributed by atoms with van der Waals surface area (Å²) >= 11 is 5.36. The van der Waals surface area contributed by atoms with Gasteiger partial charge in [0, 0.05) is 6.07 Å². The Morgan fingerprint density at radius 1 is 1.60 bits per heavy atom. The molecule has 1 rings (SSSR count). The van der Waals surface area contributed by atoms with Crippen LogP contribution in [0.25, 0.3) is 0 Å². The molecule has 1 heterocycles. The molecule has 1 aromatic rings. The minimum absolute atomic E-state index is 0.557. The Balaban J connectivity index is 3.40. The number of hydrogen-bond acceptors (Lipinski definition) is 3. The summed E-state index contributed by atoms with van der Waals surface area (Å²) in [5.74, 6) is -2.28. The fraction of sp³-hybridized carbons (Fsp3) is 0.250. The Bertz CT molecular complexity index is 398. The molecule has 7 heteroatoms. The maximum atomic E-state index is 12.7. The van der Waals surface area contributed by atoms with Crippen molar-refractivity contribution in [3.05, 3.63) is 28.3 Å². The van der Waals surface area contributed by atoms with Gasteiger partial charge in [-0.25, -0.2) is 18.6 Å². The Kier molecular flexibility index (Phi) is 3.52. The molecule has 1 aromatic heterocycles. The maximum absolute atomic E-state index is 12.7. The molecule has 0 saturated heterocycles. The number of nitrogens with zero attached hydrogens (tertiary/aromatic N) is 1. The first-order valence-electron chi connectivity index (χ1n) is 3.69. The highest BCUT2D eigenvalue weighted by Crippen LogP contribution is 2.30. The summed E-state index contributed by atoms with van der Waals surface area (Å²) in [5, 5.41) is -0.557. The van der Waals surface area contributed by atoms with Crippen molar-refractivity contribution in [2.45, 2.75) is 6.43 Å². The first kappa shape index (κ1) is 11.8. The molecule has 0 N–H and O–H groups in total. The van der Waals surface area contributed by atoms with Gasteiger partial charge >= 0.3 is 5.97 Å². The van der Waals surface area contributed by atoms with E-state index in [1.54, 1.807) is 0 Å². The van der Waals surface area contributed by atoms with E-state index >= 15 is 0 Å². The third-order valence-corrected chi connectivity index (χ3v) is 1.89. The first-order valence-corrected chi connectivity index (χ1v) is 4.07. The topological polar surface area (TPSA) is 39.2 Å². The lowest BCUT2D eigenvalue weighted by Gasteiger charge is -2.07. The number of esters is 1. The van der Waals surface area contributed by atoms with E-state index in [1.165, 1.54) is 0 Å². The van der Waals surface area contributed by atoms with Crippen molar-refractivity contribution in [2.75, 3.05) is 7.11 Å². The van der Waals surface area contributed by atoms with E-state index < -0.39 is 34.6 Å². The molecule has 0 saturated carbocycles. The number of ether oxygens (including phenoxy) is 1. The second-order valence-corrected chi connectivity index (χ2v) is 2.89. The zero-order valence-corrected chi connectivity index (χ0v) is 8.19. The first-order chi connectivity index (χ1) is 6.97. The van der Waals surface area contributed by atoms with Crippen LogP contribution < -0.4 is 0 Å². The van der Waals surface area contributed by atoms with E-state index in [0.29, 0.717) is 6.07 Å². The van der Waals surface area contributed by atoms with Gasteiger partial charge in [-0.2, -0.15) is 4.39 Å². The van der Waals surface area contributed by atoms with E-state index in [0.717, 1.165) is 7.11 Å². The van der Waals surface area contributed by atoms with Crippen LogP contribution in [0.4, 0.5) is 13.2 Å². The zero-order valence-electron chi connectivity index (χ0n) is 7.43. The lowest BCUT2D eigenvalue weighted by atomic mass is 10.2. The van der Waals surface area contributed by atoms with Crippen LogP contribution >= 0.6 is 11.6 Å². The largest absolute Gasteiger partial charge is 0.464 e. The number of rotatable bonds is 2. The smallest absolute Gasteiger partial charge is 0.357 e. The Labute approximate surface area is 87.8 Å². The van der Waals surface area contributed by atoms with Gasteiger partial charge in [-0.05, 0) is 0 Å². The third kappa shape index (κ3) is 2.38. The van der Waals surface area contributed by atoms with Crippen molar-refractivity contribution in [3.8, 4) is 0 Å².